The molecule has 0 radical (unpaired) electrons. The third kappa shape index (κ3) is 2.55. The molecule has 1 aromatic carbocycles. The first-order chi connectivity index (χ1) is 9.15. The Hall–Kier alpha value is -1.64. The average Bonchev–Trinajstić information content (AvgIpc) is 3.06. The number of hydrogen-bond acceptors (Lipinski definition) is 6. The second-order valence-corrected chi connectivity index (χ2v) is 6.31. The quantitative estimate of drug-likeness (QED) is 0.922. The number of nitrogens with one attached hydrogen (secondary N) is 1. The number of aromatic nitrogens is 1. The number of nitrogens with zero attached hydrogens (tertiary/aromatic N) is 1. The molecule has 2 aromatic rings. The summed E-state index contributed by atoms with van der Waals surface area (Å²) < 4.78 is 37.0. The van der Waals surface area contributed by atoms with E-state index in [1.807, 2.05) is 0 Å². The van der Waals surface area contributed by atoms with Gasteiger partial charge in [-0.3, -0.25) is 0 Å². The molecule has 3 rings (SSSR count). The zero-order chi connectivity index (χ0) is 13.3. The number of thiazole rings is 1. The molecule has 8 heteroatoms. The Bertz CT molecular complexity index is 683. The summed E-state index contributed by atoms with van der Waals surface area (Å²) in [6, 6.07) is 4.52. The lowest BCUT2D eigenvalue weighted by atomic mass is 10.3. The molecule has 0 spiro atoms. The van der Waals surface area contributed by atoms with Gasteiger partial charge in [-0.25, -0.2) is 18.1 Å². The Morgan fingerprint density at radius 3 is 2.95 bits per heavy atom. The number of fused-ring (bicyclic) bond motifs is 1. The monoisotopic (exact) mass is 298 g/mol. The van der Waals surface area contributed by atoms with Crippen LogP contribution < -0.4 is 14.2 Å². The predicted octanol–water partition coefficient (Wildman–Crippen LogP) is 1.35. The average molecular weight is 298 g/mol. The number of ether oxygens (including phenoxy) is 2. The standard InChI is InChI=1S/C11H10N2O4S2/c14-19(15,13-4-8-5-18-6-12-8)9-1-2-10-11(3-9)17-7-16-10/h1-3,5-6,13H,4,7H2. The van der Waals surface area contributed by atoms with Crippen LogP contribution in [0.25, 0.3) is 0 Å². The molecular weight excluding hydrogens is 288 g/mol. The first kappa shape index (κ1) is 12.4. The highest BCUT2D eigenvalue weighted by Crippen LogP contribution is 2.33. The smallest absolute Gasteiger partial charge is 0.241 e. The van der Waals surface area contributed by atoms with E-state index in [2.05, 4.69) is 9.71 Å². The highest BCUT2D eigenvalue weighted by molar-refractivity contribution is 7.89. The van der Waals surface area contributed by atoms with Crippen molar-refractivity contribution in [3.8, 4) is 11.5 Å². The topological polar surface area (TPSA) is 77.5 Å². The van der Waals surface area contributed by atoms with E-state index < -0.39 is 10.0 Å². The summed E-state index contributed by atoms with van der Waals surface area (Å²) in [6.07, 6.45) is 0. The van der Waals surface area contributed by atoms with Crippen LogP contribution in [0.1, 0.15) is 5.69 Å². The van der Waals surface area contributed by atoms with E-state index in [1.54, 1.807) is 17.0 Å². The van der Waals surface area contributed by atoms with Crippen LogP contribution in [0, 0.1) is 0 Å². The molecule has 1 N–H and O–H groups in total. The zero-order valence-corrected chi connectivity index (χ0v) is 11.3. The van der Waals surface area contributed by atoms with Crippen molar-refractivity contribution in [2.75, 3.05) is 6.79 Å². The summed E-state index contributed by atoms with van der Waals surface area (Å²) in [5.74, 6) is 0.995. The van der Waals surface area contributed by atoms with Gasteiger partial charge in [0.1, 0.15) is 0 Å². The number of rotatable bonds is 4. The molecule has 0 atom stereocenters. The molecule has 19 heavy (non-hydrogen) atoms. The van der Waals surface area contributed by atoms with Crippen LogP contribution in [-0.4, -0.2) is 20.2 Å². The molecule has 0 saturated heterocycles. The Morgan fingerprint density at radius 1 is 1.32 bits per heavy atom. The van der Waals surface area contributed by atoms with Crippen LogP contribution in [-0.2, 0) is 16.6 Å². The number of hydrogen-bond donors (Lipinski definition) is 1. The van der Waals surface area contributed by atoms with Gasteiger partial charge in [-0.05, 0) is 12.1 Å². The molecule has 100 valence electrons. The van der Waals surface area contributed by atoms with Crippen molar-refractivity contribution < 1.29 is 17.9 Å². The maximum Gasteiger partial charge on any atom is 0.241 e. The first-order valence-electron chi connectivity index (χ1n) is 5.41. The van der Waals surface area contributed by atoms with Gasteiger partial charge in [0, 0.05) is 11.4 Å². The highest BCUT2D eigenvalue weighted by Gasteiger charge is 2.20. The van der Waals surface area contributed by atoms with E-state index in [9.17, 15) is 8.42 Å². The van der Waals surface area contributed by atoms with Crippen LogP contribution in [0.3, 0.4) is 0 Å². The highest BCUT2D eigenvalue weighted by atomic mass is 32.2. The molecule has 2 heterocycles. The number of sulfonamides is 1. The van der Waals surface area contributed by atoms with Gasteiger partial charge in [-0.1, -0.05) is 0 Å². The normalized spacial score (nSPS) is 13.7. The molecular formula is C11H10N2O4S2. The van der Waals surface area contributed by atoms with E-state index in [1.165, 1.54) is 23.5 Å². The van der Waals surface area contributed by atoms with Crippen molar-refractivity contribution in [2.45, 2.75) is 11.4 Å². The van der Waals surface area contributed by atoms with Gasteiger partial charge in [-0.2, -0.15) is 0 Å². The molecule has 0 saturated carbocycles. The van der Waals surface area contributed by atoms with E-state index >= 15 is 0 Å². The van der Waals surface area contributed by atoms with E-state index in [4.69, 9.17) is 9.47 Å². The van der Waals surface area contributed by atoms with Gasteiger partial charge < -0.3 is 9.47 Å². The van der Waals surface area contributed by atoms with E-state index in [0.29, 0.717) is 17.2 Å². The largest absolute Gasteiger partial charge is 0.454 e. The summed E-state index contributed by atoms with van der Waals surface area (Å²) in [4.78, 5) is 4.16. The molecule has 6 nitrogen and oxygen atoms in total. The van der Waals surface area contributed by atoms with Crippen molar-refractivity contribution in [3.63, 3.8) is 0 Å². The van der Waals surface area contributed by atoms with Crippen LogP contribution in [0.2, 0.25) is 0 Å². The SMILES string of the molecule is O=S(=O)(NCc1cscn1)c1ccc2c(c1)OCO2. The molecule has 0 amide bonds. The Balaban J connectivity index is 1.80. The van der Waals surface area contributed by atoms with Gasteiger partial charge in [0.15, 0.2) is 11.5 Å². The molecule has 1 aliphatic heterocycles. The molecule has 0 unspecified atom stereocenters. The summed E-state index contributed by atoms with van der Waals surface area (Å²) in [6.45, 7) is 0.283. The van der Waals surface area contributed by atoms with Crippen molar-refractivity contribution in [2.24, 2.45) is 0 Å². The second kappa shape index (κ2) is 4.80. The van der Waals surface area contributed by atoms with Gasteiger partial charge in [0.25, 0.3) is 0 Å². The van der Waals surface area contributed by atoms with Crippen molar-refractivity contribution in [1.29, 1.82) is 0 Å². The van der Waals surface area contributed by atoms with Gasteiger partial charge in [0.2, 0.25) is 16.8 Å². The zero-order valence-electron chi connectivity index (χ0n) is 9.70. The fraction of sp³-hybridized carbons (Fsp3) is 0.182. The van der Waals surface area contributed by atoms with Crippen molar-refractivity contribution >= 4 is 21.4 Å². The fourth-order valence-electron chi connectivity index (χ4n) is 1.62. The minimum atomic E-state index is -3.58. The Kier molecular flexibility index (Phi) is 3.13. The maximum absolute atomic E-state index is 12.1. The lowest BCUT2D eigenvalue weighted by Crippen LogP contribution is -2.23. The molecule has 0 fully saturated rings. The lowest BCUT2D eigenvalue weighted by Gasteiger charge is -2.06. The van der Waals surface area contributed by atoms with Crippen LogP contribution in [0.4, 0.5) is 0 Å². The van der Waals surface area contributed by atoms with Gasteiger partial charge in [-0.15, -0.1) is 11.3 Å². The third-order valence-electron chi connectivity index (χ3n) is 2.58. The first-order valence-corrected chi connectivity index (χ1v) is 7.84. The molecule has 1 aromatic heterocycles. The summed E-state index contributed by atoms with van der Waals surface area (Å²) in [5.41, 5.74) is 2.35. The van der Waals surface area contributed by atoms with Crippen LogP contribution in [0.5, 0.6) is 11.5 Å². The minimum absolute atomic E-state index is 0.116. The lowest BCUT2D eigenvalue weighted by molar-refractivity contribution is 0.174. The second-order valence-electron chi connectivity index (χ2n) is 3.82. The molecule has 0 bridgehead atoms. The van der Waals surface area contributed by atoms with Gasteiger partial charge >= 0.3 is 0 Å². The van der Waals surface area contributed by atoms with E-state index in [-0.39, 0.29) is 18.2 Å². The summed E-state index contributed by atoms with van der Waals surface area (Å²) >= 11 is 1.42. The fourth-order valence-corrected chi connectivity index (χ4v) is 3.19. The van der Waals surface area contributed by atoms with Crippen molar-refractivity contribution in [3.05, 3.63) is 34.8 Å². The third-order valence-corrected chi connectivity index (χ3v) is 4.62. The Morgan fingerprint density at radius 2 is 2.16 bits per heavy atom. The Labute approximate surface area is 114 Å². The molecule has 0 aliphatic carbocycles. The van der Waals surface area contributed by atoms with Crippen LogP contribution in [0.15, 0.2) is 34.0 Å². The molecule has 1 aliphatic rings. The minimum Gasteiger partial charge on any atom is -0.454 e. The summed E-state index contributed by atoms with van der Waals surface area (Å²) in [5, 5.41) is 1.79. The van der Waals surface area contributed by atoms with Crippen molar-refractivity contribution in [1.82, 2.24) is 9.71 Å². The number of benzene rings is 1. The van der Waals surface area contributed by atoms with Gasteiger partial charge in [0.05, 0.1) is 22.6 Å². The maximum atomic E-state index is 12.1. The van der Waals surface area contributed by atoms with Crippen LogP contribution >= 0.6 is 11.3 Å². The summed E-state index contributed by atoms with van der Waals surface area (Å²) in [7, 11) is -3.58. The van der Waals surface area contributed by atoms with E-state index in [0.717, 1.165) is 0 Å². The predicted molar refractivity (Wildman–Crippen MR) is 68.7 cm³/mol.